The van der Waals surface area contributed by atoms with E-state index in [0.29, 0.717) is 6.54 Å². The molecule has 4 heteroatoms. The lowest BCUT2D eigenvalue weighted by Crippen LogP contribution is -2.46. The van der Waals surface area contributed by atoms with Gasteiger partial charge in [-0.2, -0.15) is 0 Å². The smallest absolute Gasteiger partial charge is 0.236 e. The van der Waals surface area contributed by atoms with Gasteiger partial charge >= 0.3 is 0 Å². The highest BCUT2D eigenvalue weighted by molar-refractivity contribution is 5.78. The Labute approximate surface area is 124 Å². The fraction of sp³-hybridized carbons (Fsp3) is 0.938. The molecule has 0 aromatic heterocycles. The average molecular weight is 284 g/mol. The van der Waals surface area contributed by atoms with Gasteiger partial charge in [0, 0.05) is 32.8 Å². The molecule has 1 fully saturated rings. The number of aliphatic hydroxyl groups excluding tert-OH is 1. The summed E-state index contributed by atoms with van der Waals surface area (Å²) in [6, 6.07) is 0. The molecule has 0 unspecified atom stereocenters. The van der Waals surface area contributed by atoms with E-state index in [2.05, 4.69) is 32.6 Å². The molecule has 0 aromatic carbocycles. The van der Waals surface area contributed by atoms with Gasteiger partial charge in [0.25, 0.3) is 0 Å². The van der Waals surface area contributed by atoms with E-state index in [1.807, 2.05) is 4.90 Å². The van der Waals surface area contributed by atoms with Crippen LogP contribution in [0, 0.1) is 11.3 Å². The van der Waals surface area contributed by atoms with Crippen molar-refractivity contribution in [3.63, 3.8) is 0 Å². The van der Waals surface area contributed by atoms with E-state index in [1.54, 1.807) is 0 Å². The zero-order chi connectivity index (χ0) is 15.2. The van der Waals surface area contributed by atoms with Crippen molar-refractivity contribution in [1.29, 1.82) is 0 Å². The summed E-state index contributed by atoms with van der Waals surface area (Å²) in [6.07, 6.45) is 2.99. The SMILES string of the molecule is CC1CCN(C(=O)CN(CCCO)CC(C)(C)C)CC1. The lowest BCUT2D eigenvalue weighted by atomic mass is 9.96. The van der Waals surface area contributed by atoms with Gasteiger partial charge in [-0.05, 0) is 30.6 Å². The van der Waals surface area contributed by atoms with Crippen LogP contribution >= 0.6 is 0 Å². The van der Waals surface area contributed by atoms with Gasteiger partial charge in [-0.25, -0.2) is 0 Å². The maximum atomic E-state index is 12.4. The lowest BCUT2D eigenvalue weighted by molar-refractivity contribution is -0.134. The van der Waals surface area contributed by atoms with Crippen molar-refractivity contribution in [2.45, 2.75) is 47.0 Å². The van der Waals surface area contributed by atoms with E-state index in [1.165, 1.54) is 0 Å². The van der Waals surface area contributed by atoms with Gasteiger partial charge in [0.15, 0.2) is 0 Å². The van der Waals surface area contributed by atoms with E-state index >= 15 is 0 Å². The van der Waals surface area contributed by atoms with E-state index in [4.69, 9.17) is 5.11 Å². The van der Waals surface area contributed by atoms with Crippen molar-refractivity contribution >= 4 is 5.91 Å². The molecule has 0 radical (unpaired) electrons. The molecular formula is C16H32N2O2. The van der Waals surface area contributed by atoms with E-state index < -0.39 is 0 Å². The van der Waals surface area contributed by atoms with Crippen LogP contribution in [0.5, 0.6) is 0 Å². The second-order valence-corrected chi connectivity index (χ2v) is 7.41. The van der Waals surface area contributed by atoms with Crippen LogP contribution in [-0.4, -0.2) is 60.1 Å². The largest absolute Gasteiger partial charge is 0.396 e. The number of rotatable bonds is 6. The highest BCUT2D eigenvalue weighted by atomic mass is 16.3. The number of hydrogen-bond donors (Lipinski definition) is 1. The average Bonchev–Trinajstić information content (AvgIpc) is 2.35. The summed E-state index contributed by atoms with van der Waals surface area (Å²) in [5.74, 6) is 0.998. The predicted molar refractivity (Wildman–Crippen MR) is 82.6 cm³/mol. The Morgan fingerprint density at radius 3 is 2.40 bits per heavy atom. The first kappa shape index (κ1) is 17.4. The second kappa shape index (κ2) is 7.99. The summed E-state index contributed by atoms with van der Waals surface area (Å²) >= 11 is 0. The van der Waals surface area contributed by atoms with Gasteiger partial charge in [-0.1, -0.05) is 27.7 Å². The molecule has 1 saturated heterocycles. The molecule has 0 aliphatic carbocycles. The van der Waals surface area contributed by atoms with Crippen molar-refractivity contribution in [2.24, 2.45) is 11.3 Å². The third-order valence-corrected chi connectivity index (χ3v) is 3.83. The monoisotopic (exact) mass is 284 g/mol. The quantitative estimate of drug-likeness (QED) is 0.811. The fourth-order valence-corrected chi connectivity index (χ4v) is 2.73. The molecule has 0 aromatic rings. The van der Waals surface area contributed by atoms with Crippen LogP contribution in [0.15, 0.2) is 0 Å². The number of piperidine rings is 1. The summed E-state index contributed by atoms with van der Waals surface area (Å²) in [6.45, 7) is 13.0. The highest BCUT2D eigenvalue weighted by Crippen LogP contribution is 2.18. The van der Waals surface area contributed by atoms with Crippen molar-refractivity contribution in [3.8, 4) is 0 Å². The van der Waals surface area contributed by atoms with Crippen molar-refractivity contribution in [3.05, 3.63) is 0 Å². The van der Waals surface area contributed by atoms with E-state index in [9.17, 15) is 4.79 Å². The molecule has 1 heterocycles. The van der Waals surface area contributed by atoms with Gasteiger partial charge < -0.3 is 10.0 Å². The summed E-state index contributed by atoms with van der Waals surface area (Å²) < 4.78 is 0. The van der Waals surface area contributed by atoms with Crippen molar-refractivity contribution in [1.82, 2.24) is 9.80 Å². The van der Waals surface area contributed by atoms with Crippen molar-refractivity contribution in [2.75, 3.05) is 39.3 Å². The van der Waals surface area contributed by atoms with Gasteiger partial charge in [-0.3, -0.25) is 9.69 Å². The second-order valence-electron chi connectivity index (χ2n) is 7.41. The van der Waals surface area contributed by atoms with Crippen LogP contribution in [0.3, 0.4) is 0 Å². The molecular weight excluding hydrogens is 252 g/mol. The number of amides is 1. The fourth-order valence-electron chi connectivity index (χ4n) is 2.73. The molecule has 1 aliphatic rings. The molecule has 20 heavy (non-hydrogen) atoms. The Morgan fingerprint density at radius 2 is 1.90 bits per heavy atom. The van der Waals surface area contributed by atoms with Gasteiger partial charge in [0.05, 0.1) is 6.54 Å². The Hall–Kier alpha value is -0.610. The minimum atomic E-state index is 0.173. The maximum absolute atomic E-state index is 12.4. The Balaban J connectivity index is 2.48. The number of aliphatic hydroxyl groups is 1. The van der Waals surface area contributed by atoms with Crippen LogP contribution in [0.4, 0.5) is 0 Å². The molecule has 118 valence electrons. The standard InChI is InChI=1S/C16H32N2O2/c1-14-6-9-18(10-7-14)15(20)12-17(8-5-11-19)13-16(2,3)4/h14,19H,5-13H2,1-4H3. The number of hydrogen-bond acceptors (Lipinski definition) is 3. The van der Waals surface area contributed by atoms with E-state index in [0.717, 1.165) is 51.4 Å². The molecule has 1 aliphatic heterocycles. The molecule has 1 N–H and O–H groups in total. The highest BCUT2D eigenvalue weighted by Gasteiger charge is 2.24. The summed E-state index contributed by atoms with van der Waals surface area (Å²) in [5.41, 5.74) is 0.173. The Kier molecular flexibility index (Phi) is 6.96. The van der Waals surface area contributed by atoms with Crippen LogP contribution in [0.25, 0.3) is 0 Å². The van der Waals surface area contributed by atoms with Gasteiger partial charge in [0.2, 0.25) is 5.91 Å². The number of carbonyl (C=O) groups is 1. The van der Waals surface area contributed by atoms with Crippen LogP contribution in [-0.2, 0) is 4.79 Å². The number of carbonyl (C=O) groups excluding carboxylic acids is 1. The third kappa shape index (κ3) is 6.71. The molecule has 4 nitrogen and oxygen atoms in total. The Bertz CT molecular complexity index is 291. The van der Waals surface area contributed by atoms with Crippen molar-refractivity contribution < 1.29 is 9.90 Å². The molecule has 0 bridgehead atoms. The predicted octanol–water partition coefficient (Wildman–Crippen LogP) is 1.98. The summed E-state index contributed by atoms with van der Waals surface area (Å²) in [7, 11) is 0. The zero-order valence-electron chi connectivity index (χ0n) is 13.7. The first-order valence-electron chi connectivity index (χ1n) is 7.93. The maximum Gasteiger partial charge on any atom is 0.236 e. The van der Waals surface area contributed by atoms with Gasteiger partial charge in [0.1, 0.15) is 0 Å². The topological polar surface area (TPSA) is 43.8 Å². The number of nitrogens with zero attached hydrogens (tertiary/aromatic N) is 2. The van der Waals surface area contributed by atoms with Crippen LogP contribution in [0.2, 0.25) is 0 Å². The third-order valence-electron chi connectivity index (χ3n) is 3.83. The molecule has 0 saturated carbocycles. The molecule has 1 amide bonds. The lowest BCUT2D eigenvalue weighted by Gasteiger charge is -2.34. The molecule has 0 atom stereocenters. The first-order valence-corrected chi connectivity index (χ1v) is 7.93. The normalized spacial score (nSPS) is 17.8. The van der Waals surface area contributed by atoms with Crippen LogP contribution < -0.4 is 0 Å². The minimum absolute atomic E-state index is 0.173. The minimum Gasteiger partial charge on any atom is -0.396 e. The van der Waals surface area contributed by atoms with E-state index in [-0.39, 0.29) is 17.9 Å². The molecule has 0 spiro atoms. The summed E-state index contributed by atoms with van der Waals surface area (Å²) in [5, 5.41) is 9.00. The van der Waals surface area contributed by atoms with Crippen LogP contribution in [0.1, 0.15) is 47.0 Å². The summed E-state index contributed by atoms with van der Waals surface area (Å²) in [4.78, 5) is 16.6. The Morgan fingerprint density at radius 1 is 1.30 bits per heavy atom. The number of likely N-dealkylation sites (tertiary alicyclic amines) is 1. The van der Waals surface area contributed by atoms with Gasteiger partial charge in [-0.15, -0.1) is 0 Å². The first-order chi connectivity index (χ1) is 9.31. The molecule has 1 rings (SSSR count). The zero-order valence-corrected chi connectivity index (χ0v) is 13.7.